The lowest BCUT2D eigenvalue weighted by Crippen LogP contribution is -2.72. The van der Waals surface area contributed by atoms with Gasteiger partial charge in [-0.1, -0.05) is 37.3 Å². The largest absolute Gasteiger partial charge is 0.444 e. The zero-order valence-electron chi connectivity index (χ0n) is 20.2. The van der Waals surface area contributed by atoms with Crippen molar-refractivity contribution >= 4 is 16.3 Å². The summed E-state index contributed by atoms with van der Waals surface area (Å²) in [5.74, 6) is 0.355. The first-order valence-electron chi connectivity index (χ1n) is 12.0. The molecule has 3 fully saturated rings. The van der Waals surface area contributed by atoms with Gasteiger partial charge in [-0.2, -0.15) is 12.7 Å². The van der Waals surface area contributed by atoms with E-state index in [4.69, 9.17) is 9.88 Å². The van der Waals surface area contributed by atoms with Crippen LogP contribution in [0.25, 0.3) is 0 Å². The third kappa shape index (κ3) is 5.21. The van der Waals surface area contributed by atoms with E-state index >= 15 is 0 Å². The monoisotopic (exact) mass is 478 g/mol. The Morgan fingerprint density at radius 2 is 1.79 bits per heavy atom. The molecule has 1 amide bonds. The second-order valence-corrected chi connectivity index (χ2v) is 12.4. The normalized spacial score (nSPS) is 26.5. The molecule has 9 heteroatoms. The van der Waals surface area contributed by atoms with Crippen molar-refractivity contribution in [3.63, 3.8) is 0 Å². The maximum atomic E-state index is 13.3. The van der Waals surface area contributed by atoms with E-state index in [0.29, 0.717) is 19.0 Å². The summed E-state index contributed by atoms with van der Waals surface area (Å²) >= 11 is 0. The van der Waals surface area contributed by atoms with Gasteiger partial charge in [-0.05, 0) is 52.0 Å². The van der Waals surface area contributed by atoms with Gasteiger partial charge < -0.3 is 9.64 Å². The van der Waals surface area contributed by atoms with E-state index in [1.54, 1.807) is 0 Å². The molecular formula is C24H38N4O4S. The van der Waals surface area contributed by atoms with E-state index in [0.717, 1.165) is 38.8 Å². The van der Waals surface area contributed by atoms with E-state index in [1.807, 2.05) is 31.7 Å². The standard InChI is InChI=1S/C24H38N4O4S/c1-5-24(16-27(17-24)33(25,30)31)26-13-11-19(12-14-26)28(22(29)32-23(2,3)4)21-15-20(21)18-9-7-6-8-10-18/h6-10,19-21H,5,11-17H2,1-4H3,(H2,25,30,31)/t20-,21+/m0/s1. The Labute approximate surface area is 198 Å². The van der Waals surface area contributed by atoms with Crippen LogP contribution in [0.3, 0.4) is 0 Å². The third-order valence-electron chi connectivity index (χ3n) is 7.43. The molecule has 8 nitrogen and oxygen atoms in total. The summed E-state index contributed by atoms with van der Waals surface area (Å²) in [5, 5.41) is 5.31. The minimum absolute atomic E-state index is 0.123. The van der Waals surface area contributed by atoms with Gasteiger partial charge in [0.15, 0.2) is 0 Å². The van der Waals surface area contributed by atoms with Gasteiger partial charge in [0.05, 0.1) is 0 Å². The van der Waals surface area contributed by atoms with E-state index in [2.05, 4.69) is 36.1 Å². The Morgan fingerprint density at radius 3 is 2.30 bits per heavy atom. The molecule has 1 saturated carbocycles. The number of hydrogen-bond donors (Lipinski definition) is 1. The molecule has 0 aromatic heterocycles. The van der Waals surface area contributed by atoms with Crippen LogP contribution in [0.4, 0.5) is 4.79 Å². The van der Waals surface area contributed by atoms with Crippen molar-refractivity contribution < 1.29 is 17.9 Å². The van der Waals surface area contributed by atoms with Gasteiger partial charge in [-0.15, -0.1) is 0 Å². The Balaban J connectivity index is 1.44. The van der Waals surface area contributed by atoms with Gasteiger partial charge in [-0.25, -0.2) is 9.93 Å². The number of carbonyl (C=O) groups is 1. The predicted octanol–water partition coefficient (Wildman–Crippen LogP) is 2.91. The Bertz CT molecular complexity index is 948. The van der Waals surface area contributed by atoms with Crippen LogP contribution < -0.4 is 5.14 Å². The van der Waals surface area contributed by atoms with Crippen molar-refractivity contribution in [3.05, 3.63) is 35.9 Å². The first-order chi connectivity index (χ1) is 15.4. The molecule has 0 bridgehead atoms. The zero-order valence-corrected chi connectivity index (χ0v) is 21.1. The highest BCUT2D eigenvalue weighted by molar-refractivity contribution is 7.86. The molecule has 2 N–H and O–H groups in total. The number of hydrogen-bond acceptors (Lipinski definition) is 5. The average molecular weight is 479 g/mol. The van der Waals surface area contributed by atoms with Crippen LogP contribution >= 0.6 is 0 Å². The molecule has 33 heavy (non-hydrogen) atoms. The van der Waals surface area contributed by atoms with Crippen LogP contribution in [-0.2, 0) is 14.9 Å². The number of nitrogens with zero attached hydrogens (tertiary/aromatic N) is 3. The number of amides is 1. The molecule has 2 saturated heterocycles. The lowest BCUT2D eigenvalue weighted by atomic mass is 9.84. The summed E-state index contributed by atoms with van der Waals surface area (Å²) in [7, 11) is -3.64. The van der Waals surface area contributed by atoms with E-state index in [9.17, 15) is 13.2 Å². The van der Waals surface area contributed by atoms with Crippen LogP contribution in [0.5, 0.6) is 0 Å². The first-order valence-corrected chi connectivity index (χ1v) is 13.5. The molecular weight excluding hydrogens is 440 g/mol. The lowest BCUT2D eigenvalue weighted by Gasteiger charge is -2.56. The fourth-order valence-corrected chi connectivity index (χ4v) is 6.31. The average Bonchev–Trinajstić information content (AvgIpc) is 3.47. The number of rotatable bonds is 6. The van der Waals surface area contributed by atoms with Crippen LogP contribution in [0.1, 0.15) is 64.9 Å². The van der Waals surface area contributed by atoms with Crippen LogP contribution in [0.15, 0.2) is 30.3 Å². The summed E-state index contributed by atoms with van der Waals surface area (Å²) in [6.07, 6.45) is 3.32. The van der Waals surface area contributed by atoms with Crippen LogP contribution in [0.2, 0.25) is 0 Å². The number of benzene rings is 1. The highest BCUT2D eigenvalue weighted by Gasteiger charge is 2.53. The fourth-order valence-electron chi connectivity index (χ4n) is 5.47. The third-order valence-corrected chi connectivity index (χ3v) is 8.41. The second-order valence-electron chi connectivity index (χ2n) is 10.8. The fraction of sp³-hybridized carbons (Fsp3) is 0.708. The number of ether oxygens (including phenoxy) is 1. The highest BCUT2D eigenvalue weighted by atomic mass is 32.2. The van der Waals surface area contributed by atoms with Gasteiger partial charge >= 0.3 is 6.09 Å². The van der Waals surface area contributed by atoms with E-state index < -0.39 is 15.8 Å². The van der Waals surface area contributed by atoms with Gasteiger partial charge in [0.25, 0.3) is 10.2 Å². The number of likely N-dealkylation sites (tertiary alicyclic amines) is 1. The molecule has 0 spiro atoms. The SMILES string of the molecule is CCC1(N2CCC(N(C(=O)OC(C)(C)C)[C@@H]3C[C@H]3c3ccccc3)CC2)CN(S(N)(=O)=O)C1. The van der Waals surface area contributed by atoms with Crippen LogP contribution in [-0.4, -0.2) is 78.0 Å². The van der Waals surface area contributed by atoms with Crippen molar-refractivity contribution in [1.29, 1.82) is 0 Å². The predicted molar refractivity (Wildman–Crippen MR) is 128 cm³/mol. The lowest BCUT2D eigenvalue weighted by molar-refractivity contribution is -0.0455. The topological polar surface area (TPSA) is 96.2 Å². The summed E-state index contributed by atoms with van der Waals surface area (Å²) in [4.78, 5) is 17.7. The van der Waals surface area contributed by atoms with Gasteiger partial charge in [-0.3, -0.25) is 4.90 Å². The molecule has 0 radical (unpaired) electrons. The van der Waals surface area contributed by atoms with Crippen molar-refractivity contribution in [2.45, 2.75) is 82.5 Å². The minimum atomic E-state index is -3.64. The number of nitrogens with two attached hydrogens (primary N) is 1. The van der Waals surface area contributed by atoms with Crippen molar-refractivity contribution in [2.75, 3.05) is 26.2 Å². The molecule has 0 unspecified atom stereocenters. The van der Waals surface area contributed by atoms with Gasteiger partial charge in [0, 0.05) is 49.7 Å². The van der Waals surface area contributed by atoms with E-state index in [-0.39, 0.29) is 23.7 Å². The quantitative estimate of drug-likeness (QED) is 0.678. The Morgan fingerprint density at radius 1 is 1.18 bits per heavy atom. The summed E-state index contributed by atoms with van der Waals surface area (Å²) in [6, 6.07) is 10.7. The molecule has 4 rings (SSSR count). The molecule has 3 aliphatic rings. The van der Waals surface area contributed by atoms with Gasteiger partial charge in [0.1, 0.15) is 5.60 Å². The van der Waals surface area contributed by atoms with Crippen molar-refractivity contribution in [2.24, 2.45) is 5.14 Å². The summed E-state index contributed by atoms with van der Waals surface area (Å²) in [5.41, 5.74) is 0.582. The Hall–Kier alpha value is -1.68. The van der Waals surface area contributed by atoms with Crippen molar-refractivity contribution in [1.82, 2.24) is 14.1 Å². The van der Waals surface area contributed by atoms with Crippen molar-refractivity contribution in [3.8, 4) is 0 Å². The smallest absolute Gasteiger partial charge is 0.410 e. The minimum Gasteiger partial charge on any atom is -0.444 e. The maximum absolute atomic E-state index is 13.3. The zero-order chi connectivity index (χ0) is 24.0. The van der Waals surface area contributed by atoms with E-state index in [1.165, 1.54) is 9.87 Å². The number of piperidine rings is 1. The van der Waals surface area contributed by atoms with Gasteiger partial charge in [0.2, 0.25) is 0 Å². The molecule has 1 aliphatic carbocycles. The summed E-state index contributed by atoms with van der Waals surface area (Å²) < 4.78 is 30.5. The molecule has 184 valence electrons. The summed E-state index contributed by atoms with van der Waals surface area (Å²) in [6.45, 7) is 10.4. The molecule has 2 atom stereocenters. The van der Waals surface area contributed by atoms with Crippen LogP contribution in [0, 0.1) is 0 Å². The second kappa shape index (κ2) is 8.83. The molecule has 2 heterocycles. The molecule has 2 aliphatic heterocycles. The molecule has 1 aromatic carbocycles. The maximum Gasteiger partial charge on any atom is 0.410 e. The molecule has 1 aromatic rings. The highest BCUT2D eigenvalue weighted by Crippen LogP contribution is 2.47. The Kier molecular flexibility index (Phi) is 6.54. The number of carbonyl (C=O) groups excluding carboxylic acids is 1. The first kappa shape index (κ1) is 24.4.